The Morgan fingerprint density at radius 2 is 1.82 bits per heavy atom. The van der Waals surface area contributed by atoms with E-state index in [1.807, 2.05) is 37.3 Å². The molecule has 0 fully saturated rings. The summed E-state index contributed by atoms with van der Waals surface area (Å²) in [6.45, 7) is 2.27. The van der Waals surface area contributed by atoms with Crippen molar-refractivity contribution in [2.45, 2.75) is 36.7 Å². The summed E-state index contributed by atoms with van der Waals surface area (Å²) in [5.74, 6) is -0.629. The normalized spacial score (nSPS) is 11.9. The lowest BCUT2D eigenvalue weighted by Crippen LogP contribution is -2.29. The summed E-state index contributed by atoms with van der Waals surface area (Å²) >= 11 is 1.21. The van der Waals surface area contributed by atoms with E-state index in [0.29, 0.717) is 30.2 Å². The van der Waals surface area contributed by atoms with E-state index in [1.54, 1.807) is 4.57 Å². The van der Waals surface area contributed by atoms with Crippen molar-refractivity contribution in [2.75, 3.05) is 5.32 Å². The number of carbonyl (C=O) groups is 1. The Balaban J connectivity index is 1.63. The molecule has 1 amide bonds. The Labute approximate surface area is 194 Å². The maximum atomic E-state index is 13.2. The van der Waals surface area contributed by atoms with Gasteiger partial charge in [0.15, 0.2) is 16.3 Å². The van der Waals surface area contributed by atoms with Crippen molar-refractivity contribution in [1.82, 2.24) is 19.5 Å². The maximum absolute atomic E-state index is 13.2. The molecule has 2 heterocycles. The van der Waals surface area contributed by atoms with E-state index in [1.165, 1.54) is 48.4 Å². The van der Waals surface area contributed by atoms with Gasteiger partial charge in [-0.15, -0.1) is 0 Å². The molecule has 0 saturated heterocycles. The van der Waals surface area contributed by atoms with Crippen molar-refractivity contribution >= 4 is 34.5 Å². The third kappa shape index (κ3) is 5.43. The quantitative estimate of drug-likeness (QED) is 0.313. The number of carbonyl (C=O) groups excluding carboxylic acids is 1. The van der Waals surface area contributed by atoms with Crippen molar-refractivity contribution < 1.29 is 9.18 Å². The molecule has 0 spiro atoms. The first-order valence-electron chi connectivity index (χ1n) is 10.5. The fourth-order valence-electron chi connectivity index (χ4n) is 3.31. The first-order chi connectivity index (χ1) is 16.0. The summed E-state index contributed by atoms with van der Waals surface area (Å²) in [5.41, 5.74) is 1.73. The Morgan fingerprint density at radius 3 is 2.55 bits per heavy atom. The third-order valence-corrected chi connectivity index (χ3v) is 6.40. The van der Waals surface area contributed by atoms with Crippen molar-refractivity contribution in [1.29, 1.82) is 0 Å². The molecule has 9 heteroatoms. The third-order valence-electron chi connectivity index (χ3n) is 5.05. The molecule has 4 aromatic rings. The second-order valence-electron chi connectivity index (χ2n) is 7.33. The second kappa shape index (κ2) is 10.4. The van der Waals surface area contributed by atoms with Crippen LogP contribution in [0.2, 0.25) is 0 Å². The fraction of sp³-hybridized carbons (Fsp3) is 0.208. The van der Waals surface area contributed by atoms with Crippen molar-refractivity contribution in [3.8, 4) is 0 Å². The monoisotopic (exact) mass is 463 g/mol. The molecule has 33 heavy (non-hydrogen) atoms. The molecule has 0 aliphatic rings. The topological polar surface area (TPSA) is 89.8 Å². The Kier molecular flexibility index (Phi) is 7.09. The zero-order valence-electron chi connectivity index (χ0n) is 17.9. The fourth-order valence-corrected chi connectivity index (χ4v) is 4.33. The van der Waals surface area contributed by atoms with E-state index in [2.05, 4.69) is 20.3 Å². The van der Waals surface area contributed by atoms with Crippen LogP contribution in [0.25, 0.3) is 11.2 Å². The molecule has 0 bridgehead atoms. The SMILES string of the molecule is CC[C@@H](Sc1nc2nccnc2c(=O)n1CCc1ccccc1)C(=O)Nc1ccc(F)cc1. The van der Waals surface area contributed by atoms with Crippen LogP contribution in [0.15, 0.2) is 76.9 Å². The smallest absolute Gasteiger partial charge is 0.282 e. The van der Waals surface area contributed by atoms with Gasteiger partial charge in [-0.25, -0.2) is 19.3 Å². The number of halogens is 1. The van der Waals surface area contributed by atoms with Gasteiger partial charge in [-0.05, 0) is 42.7 Å². The van der Waals surface area contributed by atoms with E-state index in [-0.39, 0.29) is 28.4 Å². The van der Waals surface area contributed by atoms with Gasteiger partial charge in [-0.2, -0.15) is 0 Å². The Bertz CT molecular complexity index is 1310. The zero-order valence-corrected chi connectivity index (χ0v) is 18.8. The number of nitrogens with one attached hydrogen (secondary N) is 1. The predicted octanol–water partition coefficient (Wildman–Crippen LogP) is 4.08. The molecule has 0 unspecified atom stereocenters. The van der Waals surface area contributed by atoms with Gasteiger partial charge < -0.3 is 5.32 Å². The van der Waals surface area contributed by atoms with Gasteiger partial charge in [0.05, 0.1) is 5.25 Å². The number of anilines is 1. The number of amides is 1. The Hall–Kier alpha value is -3.59. The molecule has 1 N–H and O–H groups in total. The minimum atomic E-state index is -0.515. The molecule has 168 valence electrons. The molecule has 4 rings (SSSR count). The number of fused-ring (bicyclic) bond motifs is 1. The van der Waals surface area contributed by atoms with Crippen LogP contribution in [-0.4, -0.2) is 30.7 Å². The van der Waals surface area contributed by atoms with Crippen LogP contribution in [0.1, 0.15) is 18.9 Å². The van der Waals surface area contributed by atoms with Gasteiger partial charge in [0.2, 0.25) is 5.91 Å². The van der Waals surface area contributed by atoms with E-state index < -0.39 is 5.25 Å². The molecule has 0 saturated carbocycles. The summed E-state index contributed by atoms with van der Waals surface area (Å²) < 4.78 is 14.7. The summed E-state index contributed by atoms with van der Waals surface area (Å²) in [5, 5.41) is 2.69. The van der Waals surface area contributed by atoms with Crippen molar-refractivity contribution in [2.24, 2.45) is 0 Å². The molecular weight excluding hydrogens is 441 g/mol. The highest BCUT2D eigenvalue weighted by Crippen LogP contribution is 2.25. The van der Waals surface area contributed by atoms with Gasteiger partial charge in [0, 0.05) is 24.6 Å². The van der Waals surface area contributed by atoms with Crippen LogP contribution >= 0.6 is 11.8 Å². The molecular formula is C24H22FN5O2S. The summed E-state index contributed by atoms with van der Waals surface area (Å²) in [4.78, 5) is 39.0. The molecule has 1 atom stereocenters. The summed E-state index contributed by atoms with van der Waals surface area (Å²) in [6.07, 6.45) is 4.08. The van der Waals surface area contributed by atoms with Gasteiger partial charge in [-0.3, -0.25) is 14.2 Å². The average molecular weight is 464 g/mol. The minimum absolute atomic E-state index is 0.193. The van der Waals surface area contributed by atoms with Gasteiger partial charge in [0.25, 0.3) is 5.56 Å². The molecule has 2 aromatic carbocycles. The van der Waals surface area contributed by atoms with E-state index >= 15 is 0 Å². The van der Waals surface area contributed by atoms with Crippen LogP contribution in [0.4, 0.5) is 10.1 Å². The minimum Gasteiger partial charge on any atom is -0.325 e. The lowest BCUT2D eigenvalue weighted by atomic mass is 10.1. The molecule has 0 aliphatic carbocycles. The standard InChI is InChI=1S/C24H22FN5O2S/c1-2-19(22(31)28-18-10-8-17(25)9-11-18)33-24-29-21-20(26-13-14-27-21)23(32)30(24)15-12-16-6-4-3-5-7-16/h3-11,13-14,19H,2,12,15H2,1H3,(H,28,31)/t19-/m1/s1. The predicted molar refractivity (Wildman–Crippen MR) is 127 cm³/mol. The van der Waals surface area contributed by atoms with Crippen molar-refractivity contribution in [3.05, 3.63) is 88.7 Å². The summed E-state index contributed by atoms with van der Waals surface area (Å²) in [6, 6.07) is 15.4. The zero-order chi connectivity index (χ0) is 23.2. The lowest BCUT2D eigenvalue weighted by Gasteiger charge is -2.17. The number of aromatic nitrogens is 4. The Morgan fingerprint density at radius 1 is 1.09 bits per heavy atom. The highest BCUT2D eigenvalue weighted by Gasteiger charge is 2.23. The highest BCUT2D eigenvalue weighted by molar-refractivity contribution is 8.00. The van der Waals surface area contributed by atoms with Crippen LogP contribution in [0.5, 0.6) is 0 Å². The number of hydrogen-bond acceptors (Lipinski definition) is 6. The van der Waals surface area contributed by atoms with Crippen LogP contribution < -0.4 is 10.9 Å². The molecule has 7 nitrogen and oxygen atoms in total. The van der Waals surface area contributed by atoms with Crippen molar-refractivity contribution in [3.63, 3.8) is 0 Å². The number of thioether (sulfide) groups is 1. The van der Waals surface area contributed by atoms with Gasteiger partial charge in [0.1, 0.15) is 5.82 Å². The maximum Gasteiger partial charge on any atom is 0.282 e. The van der Waals surface area contributed by atoms with E-state index in [4.69, 9.17) is 0 Å². The molecule has 0 aliphatic heterocycles. The van der Waals surface area contributed by atoms with E-state index in [9.17, 15) is 14.0 Å². The van der Waals surface area contributed by atoms with Gasteiger partial charge >= 0.3 is 0 Å². The van der Waals surface area contributed by atoms with E-state index in [0.717, 1.165) is 5.56 Å². The summed E-state index contributed by atoms with van der Waals surface area (Å²) in [7, 11) is 0. The van der Waals surface area contributed by atoms with Crippen LogP contribution in [-0.2, 0) is 17.8 Å². The number of hydrogen-bond donors (Lipinski definition) is 1. The second-order valence-corrected chi connectivity index (χ2v) is 8.50. The highest BCUT2D eigenvalue weighted by atomic mass is 32.2. The largest absolute Gasteiger partial charge is 0.325 e. The molecule has 0 radical (unpaired) electrons. The average Bonchev–Trinajstić information content (AvgIpc) is 2.84. The van der Waals surface area contributed by atoms with Crippen LogP contribution in [0.3, 0.4) is 0 Å². The lowest BCUT2D eigenvalue weighted by molar-refractivity contribution is -0.115. The first kappa shape index (κ1) is 22.6. The number of aryl methyl sites for hydroxylation is 1. The van der Waals surface area contributed by atoms with Crippen LogP contribution in [0, 0.1) is 5.82 Å². The number of nitrogens with zero attached hydrogens (tertiary/aromatic N) is 4. The number of benzene rings is 2. The van der Waals surface area contributed by atoms with Gasteiger partial charge in [-0.1, -0.05) is 49.0 Å². The number of rotatable bonds is 8. The molecule has 2 aromatic heterocycles. The first-order valence-corrected chi connectivity index (χ1v) is 11.4.